The van der Waals surface area contributed by atoms with Gasteiger partial charge in [0.2, 0.25) is 0 Å². The first-order valence-corrected chi connectivity index (χ1v) is 9.38. The smallest absolute Gasteiger partial charge is 0.494 e. The van der Waals surface area contributed by atoms with Gasteiger partial charge in [-0.25, -0.2) is 0 Å². The molecule has 0 atom stereocenters. The lowest BCUT2D eigenvalue weighted by Crippen LogP contribution is -2.29. The number of alkyl halides is 3. The highest BCUT2D eigenvalue weighted by molar-refractivity contribution is 5.80. The molecule has 0 fully saturated rings. The maximum atomic E-state index is 12.4. The zero-order valence-electron chi connectivity index (χ0n) is 16.7. The van der Waals surface area contributed by atoms with Gasteiger partial charge in [-0.15, -0.1) is 13.2 Å². The first kappa shape index (κ1) is 23.8. The zero-order chi connectivity index (χ0) is 22.7. The number of para-hydroxylation sites is 1. The number of halogens is 3. The predicted molar refractivity (Wildman–Crippen MR) is 104 cm³/mol. The number of rotatable bonds is 11. The molecule has 0 radical (unpaired) electrons. The number of esters is 1. The first-order chi connectivity index (χ1) is 14.8. The van der Waals surface area contributed by atoms with E-state index in [1.165, 1.54) is 18.2 Å². The van der Waals surface area contributed by atoms with Crippen LogP contribution in [0.5, 0.6) is 17.2 Å². The highest BCUT2D eigenvalue weighted by Gasteiger charge is 2.32. The predicted octanol–water partition coefficient (Wildman–Crippen LogP) is 3.61. The summed E-state index contributed by atoms with van der Waals surface area (Å²) in [5.74, 6) is -0.482. The Morgan fingerprint density at radius 3 is 2.26 bits per heavy atom. The van der Waals surface area contributed by atoms with Crippen LogP contribution in [0.4, 0.5) is 13.2 Å². The van der Waals surface area contributed by atoms with Gasteiger partial charge in [0, 0.05) is 12.1 Å². The summed E-state index contributed by atoms with van der Waals surface area (Å²) < 4.78 is 56.7. The lowest BCUT2D eigenvalue weighted by atomic mass is 10.2. The second-order valence-electron chi connectivity index (χ2n) is 6.10. The van der Waals surface area contributed by atoms with Gasteiger partial charge < -0.3 is 24.3 Å². The van der Waals surface area contributed by atoms with Crippen LogP contribution in [-0.4, -0.2) is 38.1 Å². The first-order valence-electron chi connectivity index (χ1n) is 9.38. The highest BCUT2D eigenvalue weighted by atomic mass is 19.4. The Labute approximate surface area is 177 Å². The quantitative estimate of drug-likeness (QED) is 0.537. The summed E-state index contributed by atoms with van der Waals surface area (Å²) in [5, 5.41) is 2.37. The summed E-state index contributed by atoms with van der Waals surface area (Å²) in [6.07, 6.45) is -4.92. The second-order valence-corrected chi connectivity index (χ2v) is 6.10. The van der Waals surface area contributed by atoms with E-state index >= 15 is 0 Å². The fourth-order valence-corrected chi connectivity index (χ4v) is 2.39. The number of nitrogens with one attached hydrogen (secondary N) is 1. The molecule has 0 bridgehead atoms. The van der Waals surface area contributed by atoms with Crippen molar-refractivity contribution in [3.05, 3.63) is 54.1 Å². The van der Waals surface area contributed by atoms with Crippen molar-refractivity contribution >= 4 is 11.9 Å². The van der Waals surface area contributed by atoms with Crippen LogP contribution >= 0.6 is 0 Å². The SMILES string of the molecule is CCOc1ccc(OCCC(=O)OCC(=O)NCc2ccccc2OC(F)(F)F)cc1. The number of hydrogen-bond acceptors (Lipinski definition) is 6. The summed E-state index contributed by atoms with van der Waals surface area (Å²) in [6, 6.07) is 12.3. The summed E-state index contributed by atoms with van der Waals surface area (Å²) in [4.78, 5) is 23.5. The van der Waals surface area contributed by atoms with Crippen molar-refractivity contribution in [1.82, 2.24) is 5.32 Å². The third-order valence-corrected chi connectivity index (χ3v) is 3.75. The Hall–Kier alpha value is -3.43. The topological polar surface area (TPSA) is 83.1 Å². The Morgan fingerprint density at radius 2 is 1.61 bits per heavy atom. The molecule has 0 aliphatic carbocycles. The van der Waals surface area contributed by atoms with Crippen molar-refractivity contribution in [1.29, 1.82) is 0 Å². The molecule has 0 unspecified atom stereocenters. The Balaban J connectivity index is 1.68. The molecule has 0 aromatic heterocycles. The molecule has 0 saturated carbocycles. The molecule has 0 spiro atoms. The third-order valence-electron chi connectivity index (χ3n) is 3.75. The van der Waals surface area contributed by atoms with Crippen LogP contribution < -0.4 is 19.5 Å². The van der Waals surface area contributed by atoms with E-state index in [1.54, 1.807) is 24.3 Å². The fraction of sp³-hybridized carbons (Fsp3) is 0.333. The minimum atomic E-state index is -4.84. The molecule has 168 valence electrons. The molecule has 1 amide bonds. The van der Waals surface area contributed by atoms with E-state index in [0.717, 1.165) is 6.07 Å². The molecular weight excluding hydrogens is 419 g/mol. The van der Waals surface area contributed by atoms with Crippen LogP contribution in [-0.2, 0) is 20.9 Å². The molecule has 0 aliphatic rings. The van der Waals surface area contributed by atoms with Gasteiger partial charge in [-0.2, -0.15) is 0 Å². The molecule has 31 heavy (non-hydrogen) atoms. The number of ether oxygens (including phenoxy) is 4. The lowest BCUT2D eigenvalue weighted by Gasteiger charge is -2.13. The van der Waals surface area contributed by atoms with Gasteiger partial charge in [-0.05, 0) is 37.3 Å². The van der Waals surface area contributed by atoms with Gasteiger partial charge in [0.25, 0.3) is 5.91 Å². The van der Waals surface area contributed by atoms with Gasteiger partial charge in [0.05, 0.1) is 19.6 Å². The molecule has 2 rings (SSSR count). The van der Waals surface area contributed by atoms with Crippen LogP contribution in [0.1, 0.15) is 18.9 Å². The number of carbonyl (C=O) groups excluding carboxylic acids is 2. The van der Waals surface area contributed by atoms with Crippen LogP contribution in [0.2, 0.25) is 0 Å². The Morgan fingerprint density at radius 1 is 0.968 bits per heavy atom. The molecule has 10 heteroatoms. The standard InChI is InChI=1S/C21H22F3NO6/c1-2-28-16-7-9-17(10-8-16)29-12-11-20(27)30-14-19(26)25-13-15-5-3-4-6-18(15)31-21(22,23)24/h3-10H,2,11-14H2,1H3,(H,25,26). The maximum absolute atomic E-state index is 12.4. The average Bonchev–Trinajstić information content (AvgIpc) is 2.72. The van der Waals surface area contributed by atoms with Crippen LogP contribution in [0.3, 0.4) is 0 Å². The van der Waals surface area contributed by atoms with Gasteiger partial charge in [0.1, 0.15) is 17.2 Å². The number of benzene rings is 2. The lowest BCUT2D eigenvalue weighted by molar-refractivity contribution is -0.274. The molecule has 0 saturated heterocycles. The minimum Gasteiger partial charge on any atom is -0.494 e. The highest BCUT2D eigenvalue weighted by Crippen LogP contribution is 2.26. The van der Waals surface area contributed by atoms with Crippen molar-refractivity contribution in [2.75, 3.05) is 19.8 Å². The van der Waals surface area contributed by atoms with Crippen molar-refractivity contribution in [3.63, 3.8) is 0 Å². The molecule has 2 aromatic rings. The van der Waals surface area contributed by atoms with E-state index < -0.39 is 30.6 Å². The molecule has 1 N–H and O–H groups in total. The second kappa shape index (κ2) is 11.7. The molecule has 2 aromatic carbocycles. The zero-order valence-corrected chi connectivity index (χ0v) is 16.7. The number of hydrogen-bond donors (Lipinski definition) is 1. The van der Waals surface area contributed by atoms with E-state index in [9.17, 15) is 22.8 Å². The molecule has 0 aliphatic heterocycles. The third kappa shape index (κ3) is 9.28. The summed E-state index contributed by atoms with van der Waals surface area (Å²) in [6.45, 7) is 1.69. The van der Waals surface area contributed by atoms with Crippen molar-refractivity contribution in [2.24, 2.45) is 0 Å². The van der Waals surface area contributed by atoms with E-state index in [1.807, 2.05) is 6.92 Å². The van der Waals surface area contributed by atoms with Crippen LogP contribution in [0.15, 0.2) is 48.5 Å². The average molecular weight is 441 g/mol. The van der Waals surface area contributed by atoms with E-state index in [0.29, 0.717) is 18.1 Å². The van der Waals surface area contributed by atoms with Crippen LogP contribution in [0.25, 0.3) is 0 Å². The minimum absolute atomic E-state index is 0.0522. The van der Waals surface area contributed by atoms with E-state index in [4.69, 9.17) is 14.2 Å². The van der Waals surface area contributed by atoms with E-state index in [2.05, 4.69) is 10.1 Å². The fourth-order valence-electron chi connectivity index (χ4n) is 2.39. The molecule has 0 heterocycles. The van der Waals surface area contributed by atoms with Gasteiger partial charge in [-0.1, -0.05) is 18.2 Å². The normalized spacial score (nSPS) is 10.8. The largest absolute Gasteiger partial charge is 0.573 e. The monoisotopic (exact) mass is 441 g/mol. The van der Waals surface area contributed by atoms with Gasteiger partial charge in [-0.3, -0.25) is 9.59 Å². The summed E-state index contributed by atoms with van der Waals surface area (Å²) in [5.41, 5.74) is 0.128. The molecule has 7 nitrogen and oxygen atoms in total. The van der Waals surface area contributed by atoms with Crippen molar-refractivity contribution in [3.8, 4) is 17.2 Å². The number of carbonyl (C=O) groups is 2. The Bertz CT molecular complexity index is 855. The van der Waals surface area contributed by atoms with Crippen molar-refractivity contribution < 1.29 is 41.7 Å². The summed E-state index contributed by atoms with van der Waals surface area (Å²) >= 11 is 0. The molecular formula is C21H22F3NO6. The summed E-state index contributed by atoms with van der Waals surface area (Å²) in [7, 11) is 0. The maximum Gasteiger partial charge on any atom is 0.573 e. The Kier molecular flexibility index (Phi) is 8.98. The van der Waals surface area contributed by atoms with Gasteiger partial charge in [0.15, 0.2) is 6.61 Å². The van der Waals surface area contributed by atoms with Crippen LogP contribution in [0, 0.1) is 0 Å². The van der Waals surface area contributed by atoms with Crippen molar-refractivity contribution in [2.45, 2.75) is 26.3 Å². The van der Waals surface area contributed by atoms with E-state index in [-0.39, 0.29) is 25.1 Å². The van der Waals surface area contributed by atoms with Gasteiger partial charge >= 0.3 is 12.3 Å². The number of amides is 1.